The molecule has 0 bridgehead atoms. The van der Waals surface area contributed by atoms with Crippen molar-refractivity contribution in [1.82, 2.24) is 19.1 Å². The first-order valence-electron chi connectivity index (χ1n) is 9.09. The molecular formula is C19H19N5O6. The van der Waals surface area contributed by atoms with Crippen molar-refractivity contribution in [2.45, 2.75) is 31.5 Å². The van der Waals surface area contributed by atoms with Crippen LogP contribution in [-0.2, 0) is 9.53 Å². The van der Waals surface area contributed by atoms with Gasteiger partial charge in [-0.25, -0.2) is 9.78 Å². The SMILES string of the molecule is Cc1nccn1-c1ccc(NC(=O)[C@H]2O[C@@H](n3ccc(=O)[nH]c3=O)[C@H](O)[C@@H]2O)cc1. The third kappa shape index (κ3) is 3.56. The van der Waals surface area contributed by atoms with Gasteiger partial charge in [0.15, 0.2) is 12.3 Å². The van der Waals surface area contributed by atoms with E-state index in [1.165, 1.54) is 0 Å². The van der Waals surface area contributed by atoms with Crippen molar-refractivity contribution < 1.29 is 19.7 Å². The highest BCUT2D eigenvalue weighted by Gasteiger charge is 2.47. The molecule has 1 fully saturated rings. The standard InChI is InChI=1S/C19H19N5O6/c1-10-20-7-9-23(10)12-4-2-11(3-5-12)21-17(28)16-14(26)15(27)18(30-16)24-8-6-13(25)22-19(24)29/h2-9,14-16,18,26-27H,1H3,(H,21,28)(H,22,25,29)/t14-,15+,16-,18+/m0/s1. The van der Waals surface area contributed by atoms with Crippen LogP contribution in [0.1, 0.15) is 12.1 Å². The highest BCUT2D eigenvalue weighted by atomic mass is 16.6. The fourth-order valence-electron chi connectivity index (χ4n) is 3.30. The summed E-state index contributed by atoms with van der Waals surface area (Å²) in [6.07, 6.45) is -1.24. The van der Waals surface area contributed by atoms with E-state index in [9.17, 15) is 24.6 Å². The summed E-state index contributed by atoms with van der Waals surface area (Å²) < 4.78 is 8.22. The molecule has 0 unspecified atom stereocenters. The van der Waals surface area contributed by atoms with E-state index in [1.54, 1.807) is 30.5 Å². The maximum Gasteiger partial charge on any atom is 0.330 e. The number of hydrogen-bond acceptors (Lipinski definition) is 7. The molecule has 1 aliphatic heterocycles. The van der Waals surface area contributed by atoms with Crippen LogP contribution in [0, 0.1) is 6.92 Å². The van der Waals surface area contributed by atoms with Crippen LogP contribution in [0.5, 0.6) is 0 Å². The van der Waals surface area contributed by atoms with E-state index >= 15 is 0 Å². The van der Waals surface area contributed by atoms with Crippen LogP contribution < -0.4 is 16.6 Å². The Bertz CT molecular complexity index is 1180. The van der Waals surface area contributed by atoms with Gasteiger partial charge in [-0.2, -0.15) is 0 Å². The van der Waals surface area contributed by atoms with E-state index in [0.29, 0.717) is 5.69 Å². The van der Waals surface area contributed by atoms with Crippen LogP contribution in [0.3, 0.4) is 0 Å². The molecule has 4 N–H and O–H groups in total. The number of aromatic nitrogens is 4. The molecule has 0 aliphatic carbocycles. The van der Waals surface area contributed by atoms with Gasteiger partial charge < -0.3 is 24.8 Å². The van der Waals surface area contributed by atoms with Crippen molar-refractivity contribution in [3.63, 3.8) is 0 Å². The first kappa shape index (κ1) is 19.8. The van der Waals surface area contributed by atoms with Crippen molar-refractivity contribution in [2.75, 3.05) is 5.32 Å². The van der Waals surface area contributed by atoms with Crippen LogP contribution in [0.2, 0.25) is 0 Å². The number of carbonyl (C=O) groups is 1. The lowest BCUT2D eigenvalue weighted by Crippen LogP contribution is -2.39. The quantitative estimate of drug-likeness (QED) is 0.441. The number of carbonyl (C=O) groups excluding carboxylic acids is 1. The van der Waals surface area contributed by atoms with Crippen LogP contribution in [0.4, 0.5) is 5.69 Å². The lowest BCUT2D eigenvalue weighted by Gasteiger charge is -2.16. The van der Waals surface area contributed by atoms with E-state index in [0.717, 1.165) is 28.3 Å². The van der Waals surface area contributed by atoms with Gasteiger partial charge in [0.05, 0.1) is 0 Å². The average Bonchev–Trinajstić information content (AvgIpc) is 3.27. The Morgan fingerprint density at radius 2 is 1.87 bits per heavy atom. The monoisotopic (exact) mass is 413 g/mol. The Hall–Kier alpha value is -3.54. The molecule has 3 heterocycles. The van der Waals surface area contributed by atoms with Crippen molar-refractivity contribution >= 4 is 11.6 Å². The van der Waals surface area contributed by atoms with Crippen molar-refractivity contribution in [1.29, 1.82) is 0 Å². The fraction of sp³-hybridized carbons (Fsp3) is 0.263. The Balaban J connectivity index is 1.49. The molecule has 1 aliphatic rings. The molecule has 0 saturated carbocycles. The lowest BCUT2D eigenvalue weighted by molar-refractivity contribution is -0.132. The number of aromatic amines is 1. The third-order valence-corrected chi connectivity index (χ3v) is 4.86. The number of rotatable bonds is 4. The summed E-state index contributed by atoms with van der Waals surface area (Å²) in [6, 6.07) is 7.99. The smallest absolute Gasteiger partial charge is 0.330 e. The van der Waals surface area contributed by atoms with Crippen LogP contribution in [-0.4, -0.2) is 53.5 Å². The highest BCUT2D eigenvalue weighted by molar-refractivity contribution is 5.95. The van der Waals surface area contributed by atoms with Gasteiger partial charge in [0.25, 0.3) is 11.5 Å². The van der Waals surface area contributed by atoms with Gasteiger partial charge in [-0.05, 0) is 31.2 Å². The zero-order chi connectivity index (χ0) is 21.4. The number of benzene rings is 1. The number of H-pyrrole nitrogens is 1. The number of aryl methyl sites for hydroxylation is 1. The van der Waals surface area contributed by atoms with Gasteiger partial charge in [0.2, 0.25) is 0 Å². The zero-order valence-corrected chi connectivity index (χ0v) is 15.8. The second-order valence-electron chi connectivity index (χ2n) is 6.83. The molecule has 156 valence electrons. The number of aliphatic hydroxyl groups excluding tert-OH is 2. The molecular weight excluding hydrogens is 394 g/mol. The molecule has 0 radical (unpaired) electrons. The summed E-state index contributed by atoms with van der Waals surface area (Å²) in [5.74, 6) is 0.125. The minimum Gasteiger partial charge on any atom is -0.387 e. The maximum atomic E-state index is 12.6. The average molecular weight is 413 g/mol. The van der Waals surface area contributed by atoms with Crippen LogP contribution >= 0.6 is 0 Å². The molecule has 1 amide bonds. The van der Waals surface area contributed by atoms with Gasteiger partial charge in [-0.1, -0.05) is 0 Å². The molecule has 0 spiro atoms. The number of aliphatic hydroxyl groups is 2. The summed E-state index contributed by atoms with van der Waals surface area (Å²) >= 11 is 0. The van der Waals surface area contributed by atoms with E-state index in [-0.39, 0.29) is 0 Å². The Morgan fingerprint density at radius 1 is 1.13 bits per heavy atom. The number of nitrogens with zero attached hydrogens (tertiary/aromatic N) is 3. The van der Waals surface area contributed by atoms with Gasteiger partial charge in [0.1, 0.15) is 18.0 Å². The predicted octanol–water partition coefficient (Wildman–Crippen LogP) is -0.711. The Morgan fingerprint density at radius 3 is 2.50 bits per heavy atom. The summed E-state index contributed by atoms with van der Waals surface area (Å²) in [4.78, 5) is 41.9. The van der Waals surface area contributed by atoms with E-state index in [4.69, 9.17) is 4.74 Å². The largest absolute Gasteiger partial charge is 0.387 e. The normalized spacial score (nSPS) is 23.4. The first-order chi connectivity index (χ1) is 14.3. The van der Waals surface area contributed by atoms with Crippen molar-refractivity contribution in [3.8, 4) is 5.69 Å². The number of hydrogen-bond donors (Lipinski definition) is 4. The van der Waals surface area contributed by atoms with Crippen LogP contribution in [0.15, 0.2) is 58.5 Å². The predicted molar refractivity (Wildman–Crippen MR) is 104 cm³/mol. The summed E-state index contributed by atoms with van der Waals surface area (Å²) in [5.41, 5.74) is -0.136. The third-order valence-electron chi connectivity index (χ3n) is 4.86. The summed E-state index contributed by atoms with van der Waals surface area (Å²) in [6.45, 7) is 1.87. The number of ether oxygens (including phenoxy) is 1. The molecule has 2 aromatic heterocycles. The Kier molecular flexibility index (Phi) is 5.08. The summed E-state index contributed by atoms with van der Waals surface area (Å²) in [7, 11) is 0. The maximum absolute atomic E-state index is 12.6. The van der Waals surface area contributed by atoms with Crippen LogP contribution in [0.25, 0.3) is 5.69 Å². The molecule has 1 aromatic carbocycles. The molecule has 1 saturated heterocycles. The van der Waals surface area contributed by atoms with Gasteiger partial charge >= 0.3 is 5.69 Å². The minimum absolute atomic E-state index is 0.455. The second-order valence-corrected chi connectivity index (χ2v) is 6.83. The Labute approximate surface area is 169 Å². The van der Waals surface area contributed by atoms with Crippen molar-refractivity contribution in [2.24, 2.45) is 0 Å². The van der Waals surface area contributed by atoms with Crippen molar-refractivity contribution in [3.05, 3.63) is 75.6 Å². The van der Waals surface area contributed by atoms with E-state index in [1.807, 2.05) is 22.7 Å². The number of amides is 1. The van der Waals surface area contributed by atoms with Gasteiger partial charge in [-0.15, -0.1) is 0 Å². The number of nitrogens with one attached hydrogen (secondary N) is 2. The molecule has 4 rings (SSSR count). The second kappa shape index (κ2) is 7.71. The first-order valence-corrected chi connectivity index (χ1v) is 9.09. The molecule has 30 heavy (non-hydrogen) atoms. The topological polar surface area (TPSA) is 151 Å². The number of imidazole rings is 1. The fourth-order valence-corrected chi connectivity index (χ4v) is 3.30. The lowest BCUT2D eigenvalue weighted by atomic mass is 10.1. The zero-order valence-electron chi connectivity index (χ0n) is 15.8. The van der Waals surface area contributed by atoms with E-state index < -0.39 is 41.7 Å². The molecule has 11 heteroatoms. The number of anilines is 1. The van der Waals surface area contributed by atoms with Gasteiger partial charge in [-0.3, -0.25) is 19.1 Å². The molecule has 11 nitrogen and oxygen atoms in total. The van der Waals surface area contributed by atoms with Gasteiger partial charge in [0, 0.05) is 36.0 Å². The summed E-state index contributed by atoms with van der Waals surface area (Å²) in [5, 5.41) is 23.1. The van der Waals surface area contributed by atoms with E-state index in [2.05, 4.69) is 10.3 Å². The minimum atomic E-state index is -1.57. The molecule has 3 aromatic rings. The molecule has 4 atom stereocenters. The highest BCUT2D eigenvalue weighted by Crippen LogP contribution is 2.29.